The fourth-order valence-corrected chi connectivity index (χ4v) is 11.2. The maximum Gasteiger partial charge on any atom is 0.135 e. The molecule has 0 saturated heterocycles. The van der Waals surface area contributed by atoms with E-state index in [4.69, 9.17) is 4.42 Å². The van der Waals surface area contributed by atoms with E-state index in [2.05, 4.69) is 231 Å². The van der Waals surface area contributed by atoms with Crippen LogP contribution in [-0.4, -0.2) is 0 Å². The first-order valence-electron chi connectivity index (χ1n) is 22.9. The molecule has 2 aliphatic rings. The van der Waals surface area contributed by atoms with Crippen LogP contribution in [-0.2, 0) is 5.41 Å². The number of fused-ring (bicyclic) bond motifs is 12. The van der Waals surface area contributed by atoms with Gasteiger partial charge in [0.1, 0.15) is 11.0 Å². The molecular weight excluding hydrogens is 787 g/mol. The van der Waals surface area contributed by atoms with Gasteiger partial charge in [-0.05, 0) is 120 Å². The van der Waals surface area contributed by atoms with E-state index in [0.717, 1.165) is 28.8 Å². The van der Waals surface area contributed by atoms with E-state index in [-0.39, 0.29) is 11.3 Å². The lowest BCUT2D eigenvalue weighted by Crippen LogP contribution is -2.24. The van der Waals surface area contributed by atoms with Crippen molar-refractivity contribution in [2.45, 2.75) is 31.6 Å². The average Bonchev–Trinajstić information content (AvgIpc) is 3.85. The molecule has 65 heavy (non-hydrogen) atoms. The zero-order valence-electron chi connectivity index (χ0n) is 36.4. The van der Waals surface area contributed by atoms with E-state index in [0.29, 0.717) is 0 Å². The number of para-hydroxylation sites is 1. The summed E-state index contributed by atoms with van der Waals surface area (Å²) in [5.74, 6) is 0.203. The Morgan fingerprint density at radius 1 is 0.462 bits per heavy atom. The van der Waals surface area contributed by atoms with E-state index in [1.807, 2.05) is 6.07 Å². The third-order valence-corrected chi connectivity index (χ3v) is 14.4. The summed E-state index contributed by atoms with van der Waals surface area (Å²) in [4.78, 5) is 2.56. The summed E-state index contributed by atoms with van der Waals surface area (Å²) < 4.78 is 6.40. The molecule has 0 N–H and O–H groups in total. The molecule has 1 aromatic heterocycles. The van der Waals surface area contributed by atoms with Crippen molar-refractivity contribution < 1.29 is 4.42 Å². The minimum atomic E-state index is -0.172. The summed E-state index contributed by atoms with van der Waals surface area (Å²) in [6.45, 7) is 4.76. The molecule has 0 fully saturated rings. The van der Waals surface area contributed by atoms with Crippen molar-refractivity contribution in [3.05, 3.63) is 234 Å². The van der Waals surface area contributed by atoms with Crippen LogP contribution in [0.5, 0.6) is 0 Å². The Balaban J connectivity index is 1.09. The molecular formula is C63H45NO. The monoisotopic (exact) mass is 831 g/mol. The second-order valence-corrected chi connectivity index (χ2v) is 18.3. The zero-order valence-corrected chi connectivity index (χ0v) is 36.4. The first kappa shape index (κ1) is 37.6. The Morgan fingerprint density at radius 2 is 1.06 bits per heavy atom. The van der Waals surface area contributed by atoms with Gasteiger partial charge in [0.15, 0.2) is 0 Å². The molecule has 1 atom stereocenters. The highest BCUT2D eigenvalue weighted by Crippen LogP contribution is 2.53. The van der Waals surface area contributed by atoms with Gasteiger partial charge in [-0.1, -0.05) is 190 Å². The van der Waals surface area contributed by atoms with Crippen LogP contribution in [0.2, 0.25) is 0 Å². The van der Waals surface area contributed by atoms with Crippen molar-refractivity contribution in [2.24, 2.45) is 0 Å². The van der Waals surface area contributed by atoms with E-state index in [1.165, 1.54) is 98.7 Å². The molecule has 0 saturated carbocycles. The lowest BCUT2D eigenvalue weighted by molar-refractivity contribution is 0.569. The minimum absolute atomic E-state index is 0.172. The van der Waals surface area contributed by atoms with Gasteiger partial charge >= 0.3 is 0 Å². The fourth-order valence-electron chi connectivity index (χ4n) is 11.2. The number of furan rings is 1. The predicted octanol–water partition coefficient (Wildman–Crippen LogP) is 15.8. The summed E-state index contributed by atoms with van der Waals surface area (Å²) in [6, 6.07) is 76.4. The Labute approximate surface area is 378 Å². The number of nitrogens with zero attached hydrogens (tertiary/aromatic N) is 1. The van der Waals surface area contributed by atoms with Gasteiger partial charge in [0.2, 0.25) is 0 Å². The molecule has 2 nitrogen and oxygen atoms in total. The Hall–Kier alpha value is -7.94. The van der Waals surface area contributed by atoms with E-state index in [1.54, 1.807) is 0 Å². The molecule has 0 amide bonds. The van der Waals surface area contributed by atoms with Crippen molar-refractivity contribution in [3.8, 4) is 33.4 Å². The van der Waals surface area contributed by atoms with E-state index >= 15 is 0 Å². The number of anilines is 3. The molecule has 2 heteroatoms. The van der Waals surface area contributed by atoms with Crippen LogP contribution < -0.4 is 15.5 Å². The summed E-state index contributed by atoms with van der Waals surface area (Å²) in [5.41, 5.74) is 16.5. The molecule has 0 spiro atoms. The van der Waals surface area contributed by atoms with Gasteiger partial charge in [0.25, 0.3) is 0 Å². The maximum absolute atomic E-state index is 6.40. The van der Waals surface area contributed by atoms with Gasteiger partial charge in [-0.2, -0.15) is 0 Å². The van der Waals surface area contributed by atoms with Crippen molar-refractivity contribution in [1.29, 1.82) is 0 Å². The number of hydrogen-bond acceptors (Lipinski definition) is 2. The van der Waals surface area contributed by atoms with Gasteiger partial charge in [-0.25, -0.2) is 0 Å². The second-order valence-electron chi connectivity index (χ2n) is 18.3. The van der Waals surface area contributed by atoms with Crippen LogP contribution in [0.3, 0.4) is 0 Å². The third kappa shape index (κ3) is 5.87. The van der Waals surface area contributed by atoms with Crippen LogP contribution in [0.25, 0.3) is 88.8 Å². The molecule has 1 unspecified atom stereocenters. The van der Waals surface area contributed by atoms with E-state index in [9.17, 15) is 0 Å². The second kappa shape index (κ2) is 14.6. The normalized spacial score (nSPS) is 14.8. The summed E-state index contributed by atoms with van der Waals surface area (Å²) in [6.07, 6.45) is 5.60. The van der Waals surface area contributed by atoms with Crippen molar-refractivity contribution in [1.82, 2.24) is 0 Å². The van der Waals surface area contributed by atoms with Crippen LogP contribution in [0.15, 0.2) is 211 Å². The summed E-state index contributed by atoms with van der Waals surface area (Å²) in [5, 5.41) is 9.88. The molecule has 2 aliphatic carbocycles. The Morgan fingerprint density at radius 3 is 1.86 bits per heavy atom. The highest BCUT2D eigenvalue weighted by Gasteiger charge is 2.36. The lowest BCUT2D eigenvalue weighted by atomic mass is 9.82. The zero-order chi connectivity index (χ0) is 43.2. The largest absolute Gasteiger partial charge is 0.456 e. The molecule has 13 rings (SSSR count). The summed E-state index contributed by atoms with van der Waals surface area (Å²) in [7, 11) is 0. The van der Waals surface area contributed by atoms with Gasteiger partial charge < -0.3 is 9.32 Å². The average molecular weight is 832 g/mol. The van der Waals surface area contributed by atoms with Crippen LogP contribution in [0.4, 0.5) is 17.1 Å². The molecule has 1 heterocycles. The molecule has 10 aromatic carbocycles. The van der Waals surface area contributed by atoms with Gasteiger partial charge in [-0.15, -0.1) is 0 Å². The van der Waals surface area contributed by atoms with Crippen LogP contribution >= 0.6 is 0 Å². The first-order valence-corrected chi connectivity index (χ1v) is 22.9. The Bertz CT molecular complexity index is 3800. The molecule has 11 aromatic rings. The van der Waals surface area contributed by atoms with Crippen LogP contribution in [0.1, 0.15) is 42.9 Å². The maximum atomic E-state index is 6.40. The van der Waals surface area contributed by atoms with E-state index < -0.39 is 0 Å². The predicted molar refractivity (Wildman–Crippen MR) is 274 cm³/mol. The van der Waals surface area contributed by atoms with Crippen molar-refractivity contribution in [2.75, 3.05) is 4.90 Å². The molecule has 0 radical (unpaired) electrons. The number of benzene rings is 10. The fraction of sp³-hybridized carbons (Fsp3) is 0.0794. The Kier molecular flexibility index (Phi) is 8.42. The SMILES string of the molecule is CC1(C)c2ccccc2-c2ccc(N(c3ccc(C4C=c5oc6ccccc6c5=CC4)cc3)c3c(-c4cccc(-c5ccccc5)c4)ccc4c5ccccc5c5ccccc5c34)cc21. The topological polar surface area (TPSA) is 16.4 Å². The van der Waals surface area contributed by atoms with Crippen LogP contribution in [0, 0.1) is 0 Å². The number of hydrogen-bond donors (Lipinski definition) is 0. The molecule has 308 valence electrons. The van der Waals surface area contributed by atoms with Gasteiger partial charge in [0.05, 0.1) is 5.69 Å². The number of rotatable bonds is 6. The first-order chi connectivity index (χ1) is 32.0. The third-order valence-electron chi connectivity index (χ3n) is 14.4. The smallest absolute Gasteiger partial charge is 0.135 e. The van der Waals surface area contributed by atoms with Gasteiger partial charge in [0, 0.05) is 44.3 Å². The van der Waals surface area contributed by atoms with Gasteiger partial charge in [-0.3, -0.25) is 0 Å². The summed E-state index contributed by atoms with van der Waals surface area (Å²) >= 11 is 0. The quantitative estimate of drug-likeness (QED) is 0.155. The highest BCUT2D eigenvalue weighted by atomic mass is 16.3. The lowest BCUT2D eigenvalue weighted by Gasteiger charge is -2.32. The highest BCUT2D eigenvalue weighted by molar-refractivity contribution is 6.30. The standard InChI is InChI=1S/C63H45NO/c1-63(2)57-25-12-10-22-51(57)52-34-32-46(39-58(52)63)64(45-30-27-41(28-31-45)43-29-33-54-53-23-11-13-26-59(53)65-60(54)38-43)62-47(44-18-14-17-42(37-44)40-15-4-3-5-16-40)35-36-56-50-21-7-6-19-48(50)49-20-8-9-24-55(49)61(56)62/h3-28,30-39,43H,29H2,1-2H3. The molecule has 0 aliphatic heterocycles. The van der Waals surface area contributed by atoms with Crippen molar-refractivity contribution in [3.63, 3.8) is 0 Å². The van der Waals surface area contributed by atoms with Crippen molar-refractivity contribution >= 4 is 72.5 Å². The molecule has 0 bridgehead atoms. The minimum Gasteiger partial charge on any atom is -0.456 e.